The largest absolute Gasteiger partial charge is 0.466 e. The van der Waals surface area contributed by atoms with Crippen molar-refractivity contribution in [3.8, 4) is 0 Å². The van der Waals surface area contributed by atoms with Crippen LogP contribution in [0.2, 0.25) is 0 Å². The van der Waals surface area contributed by atoms with E-state index in [1.807, 2.05) is 0 Å². The zero-order chi connectivity index (χ0) is 23.6. The Bertz CT molecular complexity index is 1200. The number of sulfonamides is 1. The van der Waals surface area contributed by atoms with Gasteiger partial charge in [-0.25, -0.2) is 8.42 Å². The Balaban J connectivity index is 1.56. The van der Waals surface area contributed by atoms with Crippen LogP contribution in [0.5, 0.6) is 0 Å². The highest BCUT2D eigenvalue weighted by Gasteiger charge is 2.34. The molecule has 2 aliphatic heterocycles. The molecule has 180 valence electrons. The topological polar surface area (TPSA) is 115 Å². The highest BCUT2D eigenvalue weighted by Crippen LogP contribution is 2.28. The molecule has 2 saturated heterocycles. The van der Waals surface area contributed by atoms with Gasteiger partial charge in [0.15, 0.2) is 0 Å². The van der Waals surface area contributed by atoms with Crippen molar-refractivity contribution in [2.75, 3.05) is 46.0 Å². The van der Waals surface area contributed by atoms with Gasteiger partial charge in [0, 0.05) is 26.2 Å². The number of hydrogen-bond acceptors (Lipinski definition) is 8. The van der Waals surface area contributed by atoms with Crippen LogP contribution in [0.3, 0.4) is 0 Å². The van der Waals surface area contributed by atoms with E-state index in [0.717, 1.165) is 11.3 Å². The second-order valence-electron chi connectivity index (χ2n) is 8.03. The maximum Gasteiger partial charge on any atom is 0.310 e. The van der Waals surface area contributed by atoms with Gasteiger partial charge in [0.2, 0.25) is 15.9 Å². The van der Waals surface area contributed by atoms with E-state index < -0.39 is 15.9 Å². The minimum absolute atomic E-state index is 0.0624. The number of nitrogens with zero attached hydrogens (tertiary/aromatic N) is 3. The van der Waals surface area contributed by atoms with Gasteiger partial charge < -0.3 is 14.4 Å². The van der Waals surface area contributed by atoms with Crippen molar-refractivity contribution in [1.82, 2.24) is 13.8 Å². The number of esters is 1. The lowest BCUT2D eigenvalue weighted by Gasteiger charge is -2.30. The number of carbonyl (C=O) groups excluding carboxylic acids is 2. The molecule has 1 aromatic heterocycles. The first-order valence-corrected chi connectivity index (χ1v) is 13.2. The van der Waals surface area contributed by atoms with E-state index in [2.05, 4.69) is 0 Å². The molecule has 12 heteroatoms. The molecule has 1 aromatic carbocycles. The van der Waals surface area contributed by atoms with Crippen molar-refractivity contribution in [1.29, 1.82) is 0 Å². The van der Waals surface area contributed by atoms with E-state index in [1.54, 1.807) is 17.9 Å². The summed E-state index contributed by atoms with van der Waals surface area (Å²) in [5, 5.41) is 0. The predicted octanol–water partition coefficient (Wildman–Crippen LogP) is 0.886. The molecule has 33 heavy (non-hydrogen) atoms. The van der Waals surface area contributed by atoms with Crippen LogP contribution in [-0.2, 0) is 35.6 Å². The van der Waals surface area contributed by atoms with Gasteiger partial charge in [0.1, 0.15) is 6.54 Å². The second kappa shape index (κ2) is 9.92. The molecular weight excluding hydrogens is 470 g/mol. The summed E-state index contributed by atoms with van der Waals surface area (Å²) >= 11 is 0.911. The van der Waals surface area contributed by atoms with E-state index in [4.69, 9.17) is 9.47 Å². The summed E-state index contributed by atoms with van der Waals surface area (Å²) in [5.74, 6) is -1.04. The molecule has 0 aliphatic carbocycles. The average molecular weight is 498 g/mol. The molecule has 1 atom stereocenters. The lowest BCUT2D eigenvalue weighted by atomic mass is 10.0. The number of amides is 1. The fourth-order valence-corrected chi connectivity index (χ4v) is 6.72. The molecule has 1 unspecified atom stereocenters. The van der Waals surface area contributed by atoms with Crippen molar-refractivity contribution >= 4 is 43.5 Å². The molecule has 0 spiro atoms. The zero-order valence-corrected chi connectivity index (χ0v) is 20.0. The minimum atomic E-state index is -3.85. The lowest BCUT2D eigenvalue weighted by Crippen LogP contribution is -2.43. The van der Waals surface area contributed by atoms with Crippen LogP contribution in [0.1, 0.15) is 19.8 Å². The van der Waals surface area contributed by atoms with Gasteiger partial charge >= 0.3 is 10.8 Å². The molecule has 3 heterocycles. The summed E-state index contributed by atoms with van der Waals surface area (Å²) in [5.41, 5.74) is 0.522. The fourth-order valence-electron chi connectivity index (χ4n) is 4.17. The molecule has 2 aromatic rings. The molecule has 2 aliphatic rings. The van der Waals surface area contributed by atoms with Gasteiger partial charge in [-0.15, -0.1) is 0 Å². The van der Waals surface area contributed by atoms with Crippen LogP contribution in [0.15, 0.2) is 27.9 Å². The predicted molar refractivity (Wildman–Crippen MR) is 122 cm³/mol. The van der Waals surface area contributed by atoms with Crippen LogP contribution in [0.25, 0.3) is 10.2 Å². The third-order valence-corrected chi connectivity index (χ3v) is 8.74. The smallest absolute Gasteiger partial charge is 0.310 e. The number of rotatable bonds is 6. The number of piperidine rings is 1. The molecular formula is C21H27N3O7S2. The average Bonchev–Trinajstić information content (AvgIpc) is 3.14. The number of thiazole rings is 1. The Labute approximate surface area is 195 Å². The zero-order valence-electron chi connectivity index (χ0n) is 18.4. The molecule has 0 bridgehead atoms. The molecule has 2 fully saturated rings. The molecule has 0 saturated carbocycles. The first-order valence-electron chi connectivity index (χ1n) is 11.0. The number of fused-ring (bicyclic) bond motifs is 1. The standard InChI is InChI=1S/C21H27N3O7S2/c1-2-31-20(26)15-4-3-7-23(13-15)33(28,29)16-5-6-17-18(12-16)32-21(27)24(17)14-19(25)22-8-10-30-11-9-22/h5-6,12,15H,2-4,7-11,13-14H2,1H3. The lowest BCUT2D eigenvalue weighted by molar-refractivity contribution is -0.149. The minimum Gasteiger partial charge on any atom is -0.466 e. The number of benzene rings is 1. The quantitative estimate of drug-likeness (QED) is 0.544. The van der Waals surface area contributed by atoms with E-state index in [1.165, 1.54) is 21.0 Å². The third-order valence-electron chi connectivity index (χ3n) is 5.94. The second-order valence-corrected chi connectivity index (χ2v) is 11.0. The third kappa shape index (κ3) is 4.98. The summed E-state index contributed by atoms with van der Waals surface area (Å²) in [7, 11) is -3.85. The number of morpholine rings is 1. The van der Waals surface area contributed by atoms with E-state index in [0.29, 0.717) is 55.9 Å². The van der Waals surface area contributed by atoms with Crippen LogP contribution in [0, 0.1) is 5.92 Å². The Morgan fingerprint density at radius 1 is 1.21 bits per heavy atom. The van der Waals surface area contributed by atoms with E-state index >= 15 is 0 Å². The maximum atomic E-state index is 13.3. The van der Waals surface area contributed by atoms with E-state index in [9.17, 15) is 22.8 Å². The Hall–Kier alpha value is -2.28. The molecule has 0 radical (unpaired) electrons. The summed E-state index contributed by atoms with van der Waals surface area (Å²) < 4.78 is 40.0. The molecule has 10 nitrogen and oxygen atoms in total. The summed E-state index contributed by atoms with van der Waals surface area (Å²) in [6.07, 6.45) is 1.16. The summed E-state index contributed by atoms with van der Waals surface area (Å²) in [6.45, 7) is 4.18. The molecule has 0 N–H and O–H groups in total. The van der Waals surface area contributed by atoms with Gasteiger partial charge in [0.05, 0.1) is 40.9 Å². The van der Waals surface area contributed by atoms with Crippen molar-refractivity contribution in [2.24, 2.45) is 5.92 Å². The number of ether oxygens (including phenoxy) is 2. The Morgan fingerprint density at radius 3 is 2.70 bits per heavy atom. The van der Waals surface area contributed by atoms with Crippen LogP contribution in [-0.4, -0.2) is 80.1 Å². The van der Waals surface area contributed by atoms with Crippen LogP contribution < -0.4 is 4.87 Å². The van der Waals surface area contributed by atoms with Crippen molar-refractivity contribution in [3.05, 3.63) is 27.9 Å². The Morgan fingerprint density at radius 2 is 1.97 bits per heavy atom. The van der Waals surface area contributed by atoms with Crippen molar-refractivity contribution < 1.29 is 27.5 Å². The first-order chi connectivity index (χ1) is 15.8. The number of hydrogen-bond donors (Lipinski definition) is 0. The van der Waals surface area contributed by atoms with Gasteiger partial charge in [-0.2, -0.15) is 4.31 Å². The Kier molecular flexibility index (Phi) is 7.17. The van der Waals surface area contributed by atoms with Crippen LogP contribution >= 0.6 is 11.3 Å². The fraction of sp³-hybridized carbons (Fsp3) is 0.571. The summed E-state index contributed by atoms with van der Waals surface area (Å²) in [4.78, 5) is 38.7. The van der Waals surface area contributed by atoms with E-state index in [-0.39, 0.29) is 41.3 Å². The monoisotopic (exact) mass is 497 g/mol. The highest BCUT2D eigenvalue weighted by molar-refractivity contribution is 7.89. The normalized spacial score (nSPS) is 20.2. The highest BCUT2D eigenvalue weighted by atomic mass is 32.2. The van der Waals surface area contributed by atoms with Crippen LogP contribution in [0.4, 0.5) is 0 Å². The summed E-state index contributed by atoms with van der Waals surface area (Å²) in [6, 6.07) is 4.49. The molecule has 1 amide bonds. The maximum absolute atomic E-state index is 13.3. The van der Waals surface area contributed by atoms with Gasteiger partial charge in [-0.05, 0) is 38.0 Å². The van der Waals surface area contributed by atoms with Gasteiger partial charge in [0.25, 0.3) is 0 Å². The number of aromatic nitrogens is 1. The SMILES string of the molecule is CCOC(=O)C1CCCN(S(=O)(=O)c2ccc3c(c2)sc(=O)n3CC(=O)N2CCOCC2)C1. The van der Waals surface area contributed by atoms with Crippen molar-refractivity contribution in [3.63, 3.8) is 0 Å². The molecule has 4 rings (SSSR count). The van der Waals surface area contributed by atoms with Gasteiger partial charge in [-0.3, -0.25) is 19.0 Å². The van der Waals surface area contributed by atoms with Gasteiger partial charge in [-0.1, -0.05) is 11.3 Å². The van der Waals surface area contributed by atoms with Crippen molar-refractivity contribution in [2.45, 2.75) is 31.2 Å². The first kappa shape index (κ1) is 23.9. The number of carbonyl (C=O) groups is 2.